The summed E-state index contributed by atoms with van der Waals surface area (Å²) in [5.74, 6) is 0. The molecule has 0 saturated heterocycles. The van der Waals surface area contributed by atoms with E-state index in [-0.39, 0.29) is 5.41 Å². The molecule has 0 fully saturated rings. The molecule has 0 amide bonds. The minimum atomic E-state index is -0.200. The number of benzene rings is 9. The average Bonchev–Trinajstić information content (AvgIpc) is 3.84. The Hall–Kier alpha value is -6.64. The number of para-hydroxylation sites is 1. The molecule has 2 heterocycles. The predicted octanol–water partition coefficient (Wildman–Crippen LogP) is 14.6. The van der Waals surface area contributed by atoms with Crippen molar-refractivity contribution in [1.29, 1.82) is 0 Å². The van der Waals surface area contributed by atoms with Gasteiger partial charge < -0.3 is 8.83 Å². The highest BCUT2D eigenvalue weighted by atomic mass is 16.3. The minimum Gasteiger partial charge on any atom is -0.456 e. The minimum absolute atomic E-state index is 0.200. The van der Waals surface area contributed by atoms with E-state index in [1.54, 1.807) is 0 Å². The number of fused-ring (bicyclic) bond motifs is 14. The molecule has 0 saturated carbocycles. The molecule has 12 rings (SSSR count). The zero-order valence-corrected chi connectivity index (χ0v) is 29.3. The van der Waals surface area contributed by atoms with Crippen LogP contribution in [-0.2, 0) is 5.41 Å². The monoisotopic (exact) mass is 676 g/mol. The van der Waals surface area contributed by atoms with Crippen LogP contribution in [-0.4, -0.2) is 0 Å². The van der Waals surface area contributed by atoms with E-state index >= 15 is 0 Å². The Kier molecular flexibility index (Phi) is 5.60. The van der Waals surface area contributed by atoms with E-state index in [4.69, 9.17) is 8.83 Å². The van der Waals surface area contributed by atoms with Crippen LogP contribution in [0, 0.1) is 0 Å². The van der Waals surface area contributed by atoms with Gasteiger partial charge in [-0.3, -0.25) is 0 Å². The van der Waals surface area contributed by atoms with Gasteiger partial charge in [-0.05, 0) is 108 Å². The lowest BCUT2D eigenvalue weighted by molar-refractivity contribution is 0.658. The van der Waals surface area contributed by atoms with Gasteiger partial charge >= 0.3 is 0 Å². The molecule has 9 aromatic carbocycles. The molecule has 0 unspecified atom stereocenters. The normalized spacial score (nSPS) is 13.6. The molecular formula is C51H32O2. The predicted molar refractivity (Wildman–Crippen MR) is 222 cm³/mol. The molecule has 1 aliphatic rings. The summed E-state index contributed by atoms with van der Waals surface area (Å²) in [7, 11) is 0. The summed E-state index contributed by atoms with van der Waals surface area (Å²) in [4.78, 5) is 0. The zero-order chi connectivity index (χ0) is 35.0. The summed E-state index contributed by atoms with van der Waals surface area (Å²) < 4.78 is 13.0. The fraction of sp³-hybridized carbons (Fsp3) is 0.0588. The van der Waals surface area contributed by atoms with Gasteiger partial charge in [-0.1, -0.05) is 135 Å². The van der Waals surface area contributed by atoms with Crippen molar-refractivity contribution in [3.05, 3.63) is 169 Å². The van der Waals surface area contributed by atoms with E-state index in [9.17, 15) is 0 Å². The molecule has 2 heteroatoms. The van der Waals surface area contributed by atoms with Crippen LogP contribution in [0.1, 0.15) is 25.0 Å². The molecule has 0 N–H and O–H groups in total. The molecule has 53 heavy (non-hydrogen) atoms. The lowest BCUT2D eigenvalue weighted by Crippen LogP contribution is -2.15. The third kappa shape index (κ3) is 3.82. The van der Waals surface area contributed by atoms with E-state index in [2.05, 4.69) is 159 Å². The van der Waals surface area contributed by atoms with Crippen molar-refractivity contribution < 1.29 is 8.83 Å². The highest BCUT2D eigenvalue weighted by Gasteiger charge is 2.38. The Morgan fingerprint density at radius 1 is 0.396 bits per heavy atom. The summed E-state index contributed by atoms with van der Waals surface area (Å²) in [5, 5.41) is 12.0. The van der Waals surface area contributed by atoms with Crippen LogP contribution in [0.25, 0.3) is 110 Å². The van der Waals surface area contributed by atoms with Crippen LogP contribution >= 0.6 is 0 Å². The SMILES string of the molecule is CC1(C)c2ccc(-c3c4ccccc4c(-c4ccc5c(c4)oc4ccccc45)c4ccccc34)cc2-c2ccc3oc4c5ccccc5ccc4c3c21. The molecule has 11 aromatic rings. The number of hydrogen-bond donors (Lipinski definition) is 0. The second-order valence-corrected chi connectivity index (χ2v) is 15.2. The first-order valence-corrected chi connectivity index (χ1v) is 18.4. The van der Waals surface area contributed by atoms with Crippen molar-refractivity contribution in [2.45, 2.75) is 19.3 Å². The average molecular weight is 677 g/mol. The van der Waals surface area contributed by atoms with Gasteiger partial charge in [-0.2, -0.15) is 0 Å². The molecule has 0 spiro atoms. The molecule has 1 aliphatic carbocycles. The summed E-state index contributed by atoms with van der Waals surface area (Å²) >= 11 is 0. The maximum Gasteiger partial charge on any atom is 0.143 e. The van der Waals surface area contributed by atoms with Crippen molar-refractivity contribution in [2.75, 3.05) is 0 Å². The highest BCUT2D eigenvalue weighted by molar-refractivity contribution is 6.23. The second kappa shape index (κ2) is 10.2. The maximum atomic E-state index is 6.65. The second-order valence-electron chi connectivity index (χ2n) is 15.2. The van der Waals surface area contributed by atoms with E-state index < -0.39 is 0 Å². The van der Waals surface area contributed by atoms with Gasteiger partial charge in [0.15, 0.2) is 0 Å². The lowest BCUT2D eigenvalue weighted by Gasteiger charge is -2.23. The largest absolute Gasteiger partial charge is 0.456 e. The van der Waals surface area contributed by atoms with Crippen molar-refractivity contribution in [1.82, 2.24) is 0 Å². The van der Waals surface area contributed by atoms with Gasteiger partial charge in [0.2, 0.25) is 0 Å². The Bertz CT molecular complexity index is 3310. The van der Waals surface area contributed by atoms with Crippen molar-refractivity contribution in [3.8, 4) is 33.4 Å². The summed E-state index contributed by atoms with van der Waals surface area (Å²) in [6.07, 6.45) is 0. The topological polar surface area (TPSA) is 26.3 Å². The first-order valence-electron chi connectivity index (χ1n) is 18.4. The number of hydrogen-bond acceptors (Lipinski definition) is 2. The van der Waals surface area contributed by atoms with Crippen LogP contribution in [0.15, 0.2) is 167 Å². The first kappa shape index (κ1) is 29.0. The Morgan fingerprint density at radius 2 is 0.981 bits per heavy atom. The van der Waals surface area contributed by atoms with Gasteiger partial charge in [0.05, 0.1) is 0 Å². The van der Waals surface area contributed by atoms with Gasteiger partial charge in [-0.25, -0.2) is 0 Å². The van der Waals surface area contributed by atoms with E-state index in [1.807, 2.05) is 12.1 Å². The van der Waals surface area contributed by atoms with Crippen LogP contribution in [0.3, 0.4) is 0 Å². The third-order valence-corrected chi connectivity index (χ3v) is 12.0. The molecule has 248 valence electrons. The van der Waals surface area contributed by atoms with Crippen LogP contribution < -0.4 is 0 Å². The van der Waals surface area contributed by atoms with Gasteiger partial charge in [0.25, 0.3) is 0 Å². The standard InChI is InChI=1S/C51H32O2/c1-51(2)42-25-21-30(27-41(42)39-24-26-44-48(49(39)51)40-23-19-29-11-3-4-12-32(29)50(40)53-44)46-35-14-5-7-16-37(35)47(38-17-8-6-15-36(38)46)31-20-22-34-33-13-9-10-18-43(33)52-45(34)28-31/h3-28H,1-2H3. The van der Waals surface area contributed by atoms with Crippen LogP contribution in [0.2, 0.25) is 0 Å². The molecular weight excluding hydrogens is 645 g/mol. The number of furan rings is 2. The fourth-order valence-electron chi connectivity index (χ4n) is 9.70. The van der Waals surface area contributed by atoms with Crippen LogP contribution in [0.4, 0.5) is 0 Å². The quantitative estimate of drug-likeness (QED) is 0.170. The van der Waals surface area contributed by atoms with Crippen LogP contribution in [0.5, 0.6) is 0 Å². The fourth-order valence-corrected chi connectivity index (χ4v) is 9.70. The molecule has 0 bridgehead atoms. The summed E-state index contributed by atoms with van der Waals surface area (Å²) in [6, 6.07) is 57.4. The lowest BCUT2D eigenvalue weighted by atomic mass is 9.80. The van der Waals surface area contributed by atoms with Gasteiger partial charge in [0, 0.05) is 32.3 Å². The van der Waals surface area contributed by atoms with E-state index in [0.717, 1.165) is 44.1 Å². The molecule has 2 aromatic heterocycles. The number of rotatable bonds is 2. The smallest absolute Gasteiger partial charge is 0.143 e. The Morgan fingerprint density at radius 3 is 1.72 bits per heavy atom. The van der Waals surface area contributed by atoms with Gasteiger partial charge in [0.1, 0.15) is 22.3 Å². The Labute approximate surface area is 305 Å². The van der Waals surface area contributed by atoms with E-state index in [0.29, 0.717) is 0 Å². The molecule has 0 atom stereocenters. The highest BCUT2D eigenvalue weighted by Crippen LogP contribution is 2.55. The van der Waals surface area contributed by atoms with Gasteiger partial charge in [-0.15, -0.1) is 0 Å². The molecule has 2 nitrogen and oxygen atoms in total. The first-order chi connectivity index (χ1) is 26.0. The molecule has 0 radical (unpaired) electrons. The maximum absolute atomic E-state index is 6.65. The summed E-state index contributed by atoms with van der Waals surface area (Å²) in [5.41, 5.74) is 13.7. The summed E-state index contributed by atoms with van der Waals surface area (Å²) in [6.45, 7) is 4.74. The van der Waals surface area contributed by atoms with Crippen molar-refractivity contribution in [3.63, 3.8) is 0 Å². The Balaban J connectivity index is 1.10. The van der Waals surface area contributed by atoms with E-state index in [1.165, 1.54) is 76.6 Å². The van der Waals surface area contributed by atoms with Crippen molar-refractivity contribution >= 4 is 76.2 Å². The zero-order valence-electron chi connectivity index (χ0n) is 29.3. The van der Waals surface area contributed by atoms with Crippen molar-refractivity contribution in [2.24, 2.45) is 0 Å². The molecule has 0 aliphatic heterocycles. The third-order valence-electron chi connectivity index (χ3n) is 12.0.